The molecule has 150 valence electrons. The number of halogens is 1. The molecular formula is C16H35IN4O3S. The number of rotatable bonds is 11. The minimum absolute atomic E-state index is 0. The Morgan fingerprint density at radius 1 is 1.16 bits per heavy atom. The maximum Gasteiger partial charge on any atom is 0.211 e. The smallest absolute Gasteiger partial charge is 0.211 e. The van der Waals surface area contributed by atoms with Crippen molar-refractivity contribution in [1.82, 2.24) is 15.4 Å². The summed E-state index contributed by atoms with van der Waals surface area (Å²) in [6.45, 7) is 6.96. The van der Waals surface area contributed by atoms with Crippen molar-refractivity contribution in [1.29, 1.82) is 0 Å². The average Bonchev–Trinajstić information content (AvgIpc) is 3.03. The molecule has 1 saturated carbocycles. The van der Waals surface area contributed by atoms with Crippen molar-refractivity contribution in [2.75, 3.05) is 45.6 Å². The van der Waals surface area contributed by atoms with Gasteiger partial charge >= 0.3 is 0 Å². The third kappa shape index (κ3) is 9.95. The van der Waals surface area contributed by atoms with Gasteiger partial charge in [-0.3, -0.25) is 4.99 Å². The largest absolute Gasteiger partial charge is 0.382 e. The molecule has 0 radical (unpaired) electrons. The summed E-state index contributed by atoms with van der Waals surface area (Å²) in [5.41, 5.74) is 0.288. The van der Waals surface area contributed by atoms with Crippen molar-refractivity contribution in [2.45, 2.75) is 46.0 Å². The van der Waals surface area contributed by atoms with Gasteiger partial charge in [-0.05, 0) is 38.5 Å². The molecule has 9 heteroatoms. The maximum atomic E-state index is 11.4. The quantitative estimate of drug-likeness (QED) is 0.178. The SMILES string of the molecule is CCOCCC1(CNC(=NC)NCCNS(=O)(=O)CC)CCCC1.I. The van der Waals surface area contributed by atoms with Gasteiger partial charge in [0.25, 0.3) is 0 Å². The van der Waals surface area contributed by atoms with Crippen molar-refractivity contribution in [2.24, 2.45) is 10.4 Å². The third-order valence-electron chi connectivity index (χ3n) is 4.62. The lowest BCUT2D eigenvalue weighted by molar-refractivity contribution is 0.105. The van der Waals surface area contributed by atoms with Crippen LogP contribution in [0.1, 0.15) is 46.0 Å². The van der Waals surface area contributed by atoms with E-state index in [2.05, 4.69) is 20.3 Å². The van der Waals surface area contributed by atoms with E-state index in [-0.39, 0.29) is 35.1 Å². The van der Waals surface area contributed by atoms with E-state index in [0.29, 0.717) is 19.0 Å². The van der Waals surface area contributed by atoms with E-state index in [4.69, 9.17) is 4.74 Å². The van der Waals surface area contributed by atoms with Crippen molar-refractivity contribution >= 4 is 40.0 Å². The van der Waals surface area contributed by atoms with Gasteiger partial charge in [-0.25, -0.2) is 13.1 Å². The van der Waals surface area contributed by atoms with Crippen LogP contribution in [-0.2, 0) is 14.8 Å². The highest BCUT2D eigenvalue weighted by atomic mass is 127. The van der Waals surface area contributed by atoms with Crippen LogP contribution in [-0.4, -0.2) is 60.0 Å². The van der Waals surface area contributed by atoms with E-state index in [9.17, 15) is 8.42 Å². The van der Waals surface area contributed by atoms with Gasteiger partial charge in [0, 0.05) is 39.9 Å². The van der Waals surface area contributed by atoms with Crippen molar-refractivity contribution in [3.63, 3.8) is 0 Å². The second kappa shape index (κ2) is 13.1. The molecule has 0 saturated heterocycles. The third-order valence-corrected chi connectivity index (χ3v) is 6.02. The molecule has 0 aromatic carbocycles. The van der Waals surface area contributed by atoms with Crippen LogP contribution < -0.4 is 15.4 Å². The van der Waals surface area contributed by atoms with Crippen molar-refractivity contribution in [3.8, 4) is 0 Å². The summed E-state index contributed by atoms with van der Waals surface area (Å²) in [5.74, 6) is 0.816. The summed E-state index contributed by atoms with van der Waals surface area (Å²) in [7, 11) is -1.41. The van der Waals surface area contributed by atoms with Crippen LogP contribution in [0.4, 0.5) is 0 Å². The standard InChI is InChI=1S/C16H34N4O3S.HI/c1-4-23-13-10-16(8-6-7-9-16)14-19-15(17-3)18-11-12-20-24(21,22)5-2;/h20H,4-14H2,1-3H3,(H2,17,18,19);1H. The van der Waals surface area contributed by atoms with Crippen LogP contribution in [0.3, 0.4) is 0 Å². The summed E-state index contributed by atoms with van der Waals surface area (Å²) in [4.78, 5) is 4.22. The fraction of sp³-hybridized carbons (Fsp3) is 0.938. The highest BCUT2D eigenvalue weighted by Crippen LogP contribution is 2.40. The van der Waals surface area contributed by atoms with Gasteiger partial charge in [0.05, 0.1) is 5.75 Å². The van der Waals surface area contributed by atoms with Crippen LogP contribution >= 0.6 is 24.0 Å². The second-order valence-electron chi connectivity index (χ2n) is 6.30. The van der Waals surface area contributed by atoms with Crippen LogP contribution in [0.15, 0.2) is 4.99 Å². The molecule has 0 aromatic rings. The van der Waals surface area contributed by atoms with Gasteiger partial charge in [0.2, 0.25) is 10.0 Å². The molecule has 0 bridgehead atoms. The number of nitrogens with zero attached hydrogens (tertiary/aromatic N) is 1. The predicted octanol–water partition coefficient (Wildman–Crippen LogP) is 1.70. The van der Waals surface area contributed by atoms with Crippen LogP contribution in [0, 0.1) is 5.41 Å². The minimum atomic E-state index is -3.14. The topological polar surface area (TPSA) is 91.8 Å². The average molecular weight is 490 g/mol. The number of hydrogen-bond acceptors (Lipinski definition) is 4. The summed E-state index contributed by atoms with van der Waals surface area (Å²) in [6, 6.07) is 0. The summed E-state index contributed by atoms with van der Waals surface area (Å²) in [5, 5.41) is 6.55. The molecule has 1 aliphatic rings. The Balaban J connectivity index is 0.00000576. The number of hydrogen-bond donors (Lipinski definition) is 3. The Kier molecular flexibility index (Phi) is 13.0. The van der Waals surface area contributed by atoms with Gasteiger partial charge in [-0.15, -0.1) is 24.0 Å². The number of guanidine groups is 1. The van der Waals surface area contributed by atoms with Crippen molar-refractivity contribution in [3.05, 3.63) is 0 Å². The minimum Gasteiger partial charge on any atom is -0.382 e. The Hall–Kier alpha value is -0.130. The number of ether oxygens (including phenoxy) is 1. The first-order valence-electron chi connectivity index (χ1n) is 8.96. The summed E-state index contributed by atoms with van der Waals surface area (Å²) in [6.07, 6.45) is 6.07. The van der Waals surface area contributed by atoms with E-state index in [1.807, 2.05) is 6.92 Å². The van der Waals surface area contributed by atoms with Gasteiger partial charge in [-0.2, -0.15) is 0 Å². The molecule has 7 nitrogen and oxygen atoms in total. The van der Waals surface area contributed by atoms with Gasteiger partial charge in [0.1, 0.15) is 0 Å². The number of nitrogens with one attached hydrogen (secondary N) is 3. The van der Waals surface area contributed by atoms with E-state index >= 15 is 0 Å². The first-order chi connectivity index (χ1) is 11.5. The van der Waals surface area contributed by atoms with E-state index in [1.54, 1.807) is 14.0 Å². The molecule has 0 atom stereocenters. The lowest BCUT2D eigenvalue weighted by Crippen LogP contribution is -2.45. The van der Waals surface area contributed by atoms with Gasteiger partial charge < -0.3 is 15.4 Å². The van der Waals surface area contributed by atoms with E-state index in [1.165, 1.54) is 25.7 Å². The fourth-order valence-electron chi connectivity index (χ4n) is 3.05. The summed E-state index contributed by atoms with van der Waals surface area (Å²) >= 11 is 0. The molecule has 0 unspecified atom stereocenters. The van der Waals surface area contributed by atoms with Crippen molar-refractivity contribution < 1.29 is 13.2 Å². The molecule has 1 aliphatic carbocycles. The van der Waals surface area contributed by atoms with Crippen LogP contribution in [0.25, 0.3) is 0 Å². The molecule has 3 N–H and O–H groups in total. The molecule has 1 fully saturated rings. The lowest BCUT2D eigenvalue weighted by atomic mass is 9.83. The highest BCUT2D eigenvalue weighted by Gasteiger charge is 2.33. The molecule has 0 aliphatic heterocycles. The number of sulfonamides is 1. The van der Waals surface area contributed by atoms with Crippen LogP contribution in [0.2, 0.25) is 0 Å². The zero-order valence-corrected chi connectivity index (χ0v) is 18.9. The van der Waals surface area contributed by atoms with E-state index in [0.717, 1.165) is 26.2 Å². The fourth-order valence-corrected chi connectivity index (χ4v) is 3.67. The second-order valence-corrected chi connectivity index (χ2v) is 8.40. The molecule has 1 rings (SSSR count). The molecule has 0 spiro atoms. The molecule has 25 heavy (non-hydrogen) atoms. The highest BCUT2D eigenvalue weighted by molar-refractivity contribution is 14.0. The zero-order chi connectivity index (χ0) is 17.9. The molecule has 0 heterocycles. The normalized spacial score (nSPS) is 17.2. The Morgan fingerprint density at radius 3 is 2.40 bits per heavy atom. The number of aliphatic imine (C=N–C) groups is 1. The van der Waals surface area contributed by atoms with Gasteiger partial charge in [-0.1, -0.05) is 12.8 Å². The summed E-state index contributed by atoms with van der Waals surface area (Å²) < 4.78 is 30.8. The molecule has 0 amide bonds. The van der Waals surface area contributed by atoms with Crippen LogP contribution in [0.5, 0.6) is 0 Å². The maximum absolute atomic E-state index is 11.4. The first kappa shape index (κ1) is 24.9. The van der Waals surface area contributed by atoms with E-state index < -0.39 is 10.0 Å². The monoisotopic (exact) mass is 490 g/mol. The lowest BCUT2D eigenvalue weighted by Gasteiger charge is -2.30. The Morgan fingerprint density at radius 2 is 1.84 bits per heavy atom. The zero-order valence-electron chi connectivity index (χ0n) is 15.8. The molecule has 0 aromatic heterocycles. The first-order valence-corrected chi connectivity index (χ1v) is 10.6. The Labute approximate surface area is 170 Å². The predicted molar refractivity (Wildman–Crippen MR) is 114 cm³/mol. The Bertz CT molecular complexity index is 480. The van der Waals surface area contributed by atoms with Gasteiger partial charge in [0.15, 0.2) is 5.96 Å². The molecular weight excluding hydrogens is 455 g/mol.